The van der Waals surface area contributed by atoms with E-state index in [-0.39, 0.29) is 11.8 Å². The summed E-state index contributed by atoms with van der Waals surface area (Å²) >= 11 is 0. The van der Waals surface area contributed by atoms with Gasteiger partial charge in [0.2, 0.25) is 11.8 Å². The van der Waals surface area contributed by atoms with Crippen molar-refractivity contribution in [1.29, 1.82) is 0 Å². The Labute approximate surface area is 151 Å². The van der Waals surface area contributed by atoms with Crippen molar-refractivity contribution in [1.82, 2.24) is 20.1 Å². The van der Waals surface area contributed by atoms with Gasteiger partial charge in [0.05, 0.1) is 11.6 Å². The topological polar surface area (TPSA) is 85.8 Å². The lowest BCUT2D eigenvalue weighted by atomic mass is 10.0. The molecule has 2 aliphatic heterocycles. The highest BCUT2D eigenvalue weighted by molar-refractivity contribution is 5.97. The molecule has 0 unspecified atom stereocenters. The number of hydrogen-bond acceptors (Lipinski definition) is 5. The van der Waals surface area contributed by atoms with Crippen molar-refractivity contribution in [2.45, 2.75) is 31.7 Å². The molecule has 0 saturated carbocycles. The molecule has 26 heavy (non-hydrogen) atoms. The highest BCUT2D eigenvalue weighted by atomic mass is 16.3. The molecule has 4 rings (SSSR count). The largest absolute Gasteiger partial charge is 0.391 e. The molecule has 1 aromatic heterocycles. The lowest BCUT2D eigenvalue weighted by Gasteiger charge is -2.45. The number of aliphatic hydroxyl groups is 1. The van der Waals surface area contributed by atoms with Crippen LogP contribution in [0, 0.1) is 0 Å². The maximum atomic E-state index is 12.5. The van der Waals surface area contributed by atoms with Gasteiger partial charge in [-0.2, -0.15) is 0 Å². The molecule has 0 bridgehead atoms. The number of benzene rings is 1. The number of hydrogen-bond donors (Lipinski definition) is 2. The van der Waals surface area contributed by atoms with E-state index in [0.29, 0.717) is 19.6 Å². The van der Waals surface area contributed by atoms with Crippen LogP contribution >= 0.6 is 0 Å². The highest BCUT2D eigenvalue weighted by Gasteiger charge is 2.44. The zero-order valence-electron chi connectivity index (χ0n) is 14.6. The Morgan fingerprint density at radius 2 is 2.15 bits per heavy atom. The number of carbonyl (C=O) groups is 2. The van der Waals surface area contributed by atoms with Gasteiger partial charge < -0.3 is 15.3 Å². The molecule has 2 amide bonds. The van der Waals surface area contributed by atoms with Crippen LogP contribution in [0.25, 0.3) is 10.9 Å². The van der Waals surface area contributed by atoms with Gasteiger partial charge in [-0.15, -0.1) is 0 Å². The molecule has 0 aliphatic carbocycles. The fraction of sp³-hybridized carbons (Fsp3) is 0.421. The molecular weight excluding hydrogens is 332 g/mol. The summed E-state index contributed by atoms with van der Waals surface area (Å²) in [5, 5.41) is 13.5. The van der Waals surface area contributed by atoms with Gasteiger partial charge in [-0.25, -0.2) is 0 Å². The summed E-state index contributed by atoms with van der Waals surface area (Å²) < 4.78 is 0. The van der Waals surface area contributed by atoms with E-state index in [1.165, 1.54) is 6.92 Å². The predicted octanol–water partition coefficient (Wildman–Crippen LogP) is 0.127. The number of nitrogens with zero attached hydrogens (tertiary/aromatic N) is 3. The normalized spacial score (nSPS) is 25.1. The Balaban J connectivity index is 1.47. The van der Waals surface area contributed by atoms with Crippen molar-refractivity contribution in [3.63, 3.8) is 0 Å². The molecule has 3 atom stereocenters. The van der Waals surface area contributed by atoms with Gasteiger partial charge in [0.25, 0.3) is 0 Å². The van der Waals surface area contributed by atoms with E-state index in [4.69, 9.17) is 0 Å². The van der Waals surface area contributed by atoms with Crippen LogP contribution < -0.4 is 5.32 Å². The molecule has 0 radical (unpaired) electrons. The molecular formula is C19H22N4O3. The fourth-order valence-electron chi connectivity index (χ4n) is 3.77. The number of pyridine rings is 1. The molecule has 3 heterocycles. The quantitative estimate of drug-likeness (QED) is 0.818. The van der Waals surface area contributed by atoms with Crippen molar-refractivity contribution in [2.24, 2.45) is 0 Å². The molecule has 2 saturated heterocycles. The molecule has 7 heteroatoms. The number of aliphatic hydroxyl groups excluding tert-OH is 1. The SMILES string of the molecule is C[C@@H](O)[C@@H]1NC(=O)[C@H]2CN(Cc3ccc4ncccc4c3)CCN2C1=O. The zero-order valence-corrected chi connectivity index (χ0v) is 14.6. The van der Waals surface area contributed by atoms with Crippen LogP contribution in [0.5, 0.6) is 0 Å². The van der Waals surface area contributed by atoms with E-state index in [1.807, 2.05) is 18.2 Å². The molecule has 7 nitrogen and oxygen atoms in total. The molecule has 2 aliphatic rings. The number of piperazine rings is 2. The van der Waals surface area contributed by atoms with Gasteiger partial charge in [-0.05, 0) is 30.7 Å². The summed E-state index contributed by atoms with van der Waals surface area (Å²) in [5.41, 5.74) is 2.12. The van der Waals surface area contributed by atoms with Crippen molar-refractivity contribution in [3.05, 3.63) is 42.1 Å². The standard InChI is InChI=1S/C19H22N4O3/c1-12(24)17-19(26)23-8-7-22(11-16(23)18(25)21-17)10-13-4-5-15-14(9-13)3-2-6-20-15/h2-6,9,12,16-17,24H,7-8,10-11H2,1H3,(H,21,25)/t12-,16-,17+/m1/s1. The smallest absolute Gasteiger partial charge is 0.248 e. The lowest BCUT2D eigenvalue weighted by molar-refractivity contribution is -0.156. The van der Waals surface area contributed by atoms with Crippen LogP contribution in [0.1, 0.15) is 12.5 Å². The van der Waals surface area contributed by atoms with Gasteiger partial charge in [0.1, 0.15) is 12.1 Å². The average molecular weight is 354 g/mol. The minimum Gasteiger partial charge on any atom is -0.391 e. The number of amides is 2. The Kier molecular flexibility index (Phi) is 4.34. The van der Waals surface area contributed by atoms with E-state index in [9.17, 15) is 14.7 Å². The lowest BCUT2D eigenvalue weighted by Crippen LogP contribution is -2.70. The fourth-order valence-corrected chi connectivity index (χ4v) is 3.77. The number of carbonyl (C=O) groups excluding carboxylic acids is 2. The van der Waals surface area contributed by atoms with Gasteiger partial charge in [0.15, 0.2) is 0 Å². The second-order valence-electron chi connectivity index (χ2n) is 7.04. The van der Waals surface area contributed by atoms with Crippen LogP contribution in [0.4, 0.5) is 0 Å². The molecule has 2 fully saturated rings. The minimum atomic E-state index is -0.892. The van der Waals surface area contributed by atoms with Crippen LogP contribution in [-0.4, -0.2) is 69.5 Å². The highest BCUT2D eigenvalue weighted by Crippen LogP contribution is 2.20. The van der Waals surface area contributed by atoms with Gasteiger partial charge in [-0.3, -0.25) is 19.5 Å². The first-order valence-corrected chi connectivity index (χ1v) is 8.88. The summed E-state index contributed by atoms with van der Waals surface area (Å²) in [6, 6.07) is 8.80. The van der Waals surface area contributed by atoms with Crippen LogP contribution in [0.2, 0.25) is 0 Å². The number of nitrogens with one attached hydrogen (secondary N) is 1. The Hall–Kier alpha value is -2.51. The van der Waals surface area contributed by atoms with E-state index in [2.05, 4.69) is 27.3 Å². The first kappa shape index (κ1) is 16.9. The van der Waals surface area contributed by atoms with E-state index in [0.717, 1.165) is 23.0 Å². The summed E-state index contributed by atoms with van der Waals surface area (Å²) in [7, 11) is 0. The third-order valence-electron chi connectivity index (χ3n) is 5.17. The monoisotopic (exact) mass is 354 g/mol. The van der Waals surface area contributed by atoms with Crippen LogP contribution in [-0.2, 0) is 16.1 Å². The van der Waals surface area contributed by atoms with Gasteiger partial charge >= 0.3 is 0 Å². The molecule has 136 valence electrons. The molecule has 2 aromatic rings. The maximum absolute atomic E-state index is 12.5. The van der Waals surface area contributed by atoms with Crippen molar-refractivity contribution < 1.29 is 14.7 Å². The van der Waals surface area contributed by atoms with Crippen LogP contribution in [0.15, 0.2) is 36.5 Å². The summed E-state index contributed by atoms with van der Waals surface area (Å²) in [4.78, 5) is 33.0. The molecule has 2 N–H and O–H groups in total. The Bertz CT molecular complexity index is 854. The van der Waals surface area contributed by atoms with E-state index in [1.54, 1.807) is 11.1 Å². The summed E-state index contributed by atoms with van der Waals surface area (Å²) in [5.74, 6) is -0.385. The van der Waals surface area contributed by atoms with E-state index < -0.39 is 18.2 Å². The zero-order chi connectivity index (χ0) is 18.3. The van der Waals surface area contributed by atoms with Gasteiger partial charge in [-0.1, -0.05) is 12.1 Å². The Morgan fingerprint density at radius 1 is 1.31 bits per heavy atom. The second-order valence-corrected chi connectivity index (χ2v) is 7.04. The first-order chi connectivity index (χ1) is 12.5. The number of fused-ring (bicyclic) bond motifs is 2. The average Bonchev–Trinajstić information content (AvgIpc) is 2.64. The minimum absolute atomic E-state index is 0.192. The maximum Gasteiger partial charge on any atom is 0.248 e. The van der Waals surface area contributed by atoms with E-state index >= 15 is 0 Å². The molecule has 1 aromatic carbocycles. The number of rotatable bonds is 3. The van der Waals surface area contributed by atoms with Crippen molar-refractivity contribution >= 4 is 22.7 Å². The van der Waals surface area contributed by atoms with Crippen LogP contribution in [0.3, 0.4) is 0 Å². The third-order valence-corrected chi connectivity index (χ3v) is 5.17. The predicted molar refractivity (Wildman–Crippen MR) is 96.1 cm³/mol. The number of aromatic nitrogens is 1. The van der Waals surface area contributed by atoms with Crippen molar-refractivity contribution in [2.75, 3.05) is 19.6 Å². The summed E-state index contributed by atoms with van der Waals surface area (Å²) in [6.07, 6.45) is 0.886. The van der Waals surface area contributed by atoms with Crippen molar-refractivity contribution in [3.8, 4) is 0 Å². The van der Waals surface area contributed by atoms with Gasteiger partial charge in [0, 0.05) is 37.8 Å². The third kappa shape index (κ3) is 3.04. The Morgan fingerprint density at radius 3 is 2.96 bits per heavy atom. The first-order valence-electron chi connectivity index (χ1n) is 8.88. The summed E-state index contributed by atoms with van der Waals surface area (Å²) in [6.45, 7) is 3.93. The second kappa shape index (κ2) is 6.66. The molecule has 0 spiro atoms.